The number of anilines is 1. The standard InChI is InChI=1S/C25H34N2O4/c1-4-6-14-30-17-19-15-23(27-25(24(28)29)12-7-8-13-25)26-16-21(19)20-10-9-11-22(18(20)3)31-5-2/h9-11,15-16H,4-8,12-14,17H2,1-3H3,(H,26,27)(H,28,29). The molecule has 1 fully saturated rings. The zero-order chi connectivity index (χ0) is 22.3. The molecule has 1 aliphatic carbocycles. The van der Waals surface area contributed by atoms with Gasteiger partial charge in [-0.25, -0.2) is 9.78 Å². The number of rotatable bonds is 11. The highest BCUT2D eigenvalue weighted by Gasteiger charge is 2.41. The molecule has 168 valence electrons. The number of carboxylic acid groups (broad SMARTS) is 1. The smallest absolute Gasteiger partial charge is 0.329 e. The summed E-state index contributed by atoms with van der Waals surface area (Å²) in [4.78, 5) is 16.6. The Labute approximate surface area is 185 Å². The average Bonchev–Trinajstić information content (AvgIpc) is 3.23. The molecule has 1 saturated carbocycles. The van der Waals surface area contributed by atoms with E-state index in [1.54, 1.807) is 0 Å². The number of carbonyl (C=O) groups is 1. The van der Waals surface area contributed by atoms with Crippen LogP contribution in [0.15, 0.2) is 30.5 Å². The minimum Gasteiger partial charge on any atom is -0.494 e. The van der Waals surface area contributed by atoms with Gasteiger partial charge in [-0.05, 0) is 61.9 Å². The van der Waals surface area contributed by atoms with Crippen molar-refractivity contribution in [2.24, 2.45) is 0 Å². The zero-order valence-corrected chi connectivity index (χ0v) is 18.9. The first-order chi connectivity index (χ1) is 15.0. The van der Waals surface area contributed by atoms with Crippen molar-refractivity contribution < 1.29 is 19.4 Å². The highest BCUT2D eigenvalue weighted by atomic mass is 16.5. The molecule has 0 bridgehead atoms. The van der Waals surface area contributed by atoms with Crippen LogP contribution < -0.4 is 10.1 Å². The fourth-order valence-corrected chi connectivity index (χ4v) is 4.19. The molecular formula is C25H34N2O4. The molecule has 1 heterocycles. The Morgan fingerprint density at radius 2 is 2.00 bits per heavy atom. The number of nitrogens with zero attached hydrogens (tertiary/aromatic N) is 1. The van der Waals surface area contributed by atoms with Crippen molar-refractivity contribution in [3.05, 3.63) is 41.6 Å². The normalized spacial score (nSPS) is 15.1. The maximum atomic E-state index is 12.0. The van der Waals surface area contributed by atoms with E-state index < -0.39 is 11.5 Å². The molecule has 3 rings (SSSR count). The lowest BCUT2D eigenvalue weighted by molar-refractivity contribution is -0.142. The largest absolute Gasteiger partial charge is 0.494 e. The van der Waals surface area contributed by atoms with Gasteiger partial charge < -0.3 is 19.9 Å². The molecule has 0 radical (unpaired) electrons. The maximum Gasteiger partial charge on any atom is 0.329 e. The van der Waals surface area contributed by atoms with Gasteiger partial charge in [0.05, 0.1) is 13.2 Å². The molecule has 31 heavy (non-hydrogen) atoms. The molecular weight excluding hydrogens is 392 g/mol. The summed E-state index contributed by atoms with van der Waals surface area (Å²) in [5.41, 5.74) is 3.15. The first kappa shape index (κ1) is 23.1. The van der Waals surface area contributed by atoms with Crippen molar-refractivity contribution >= 4 is 11.8 Å². The molecule has 1 aromatic heterocycles. The van der Waals surface area contributed by atoms with Crippen molar-refractivity contribution in [3.63, 3.8) is 0 Å². The second kappa shape index (κ2) is 10.6. The fourth-order valence-electron chi connectivity index (χ4n) is 4.19. The van der Waals surface area contributed by atoms with Crippen LogP contribution in [0.25, 0.3) is 11.1 Å². The Morgan fingerprint density at radius 3 is 2.68 bits per heavy atom. The molecule has 1 aromatic carbocycles. The molecule has 0 aliphatic heterocycles. The number of benzene rings is 1. The lowest BCUT2D eigenvalue weighted by Crippen LogP contribution is -2.43. The van der Waals surface area contributed by atoms with E-state index in [0.717, 1.165) is 53.7 Å². The first-order valence-electron chi connectivity index (χ1n) is 11.3. The highest BCUT2D eigenvalue weighted by molar-refractivity contribution is 5.83. The maximum absolute atomic E-state index is 12.0. The average molecular weight is 427 g/mol. The molecule has 2 aromatic rings. The van der Waals surface area contributed by atoms with Crippen LogP contribution in [-0.4, -0.2) is 34.8 Å². The number of aliphatic carboxylic acids is 1. The Balaban J connectivity index is 1.95. The molecule has 0 amide bonds. The van der Waals surface area contributed by atoms with Gasteiger partial charge in [0.15, 0.2) is 0 Å². The van der Waals surface area contributed by atoms with Crippen LogP contribution >= 0.6 is 0 Å². The monoisotopic (exact) mass is 426 g/mol. The van der Waals surface area contributed by atoms with Gasteiger partial charge in [0.1, 0.15) is 17.1 Å². The summed E-state index contributed by atoms with van der Waals surface area (Å²) in [6.45, 7) is 7.91. The van der Waals surface area contributed by atoms with Gasteiger partial charge in [0.25, 0.3) is 0 Å². The molecule has 0 atom stereocenters. The third kappa shape index (κ3) is 5.37. The van der Waals surface area contributed by atoms with Crippen LogP contribution in [0.3, 0.4) is 0 Å². The number of hydrogen-bond acceptors (Lipinski definition) is 5. The number of ether oxygens (including phenoxy) is 2. The third-order valence-electron chi connectivity index (χ3n) is 6.00. The molecule has 6 heteroatoms. The lowest BCUT2D eigenvalue weighted by atomic mass is 9.96. The van der Waals surface area contributed by atoms with Gasteiger partial charge in [-0.3, -0.25) is 0 Å². The topological polar surface area (TPSA) is 80.7 Å². The summed E-state index contributed by atoms with van der Waals surface area (Å²) < 4.78 is 11.7. The predicted octanol–water partition coefficient (Wildman–Crippen LogP) is 5.58. The Hall–Kier alpha value is -2.60. The van der Waals surface area contributed by atoms with Gasteiger partial charge in [-0.15, -0.1) is 0 Å². The van der Waals surface area contributed by atoms with Gasteiger partial charge in [-0.1, -0.05) is 38.3 Å². The Morgan fingerprint density at radius 1 is 1.23 bits per heavy atom. The van der Waals surface area contributed by atoms with Crippen LogP contribution in [0, 0.1) is 6.92 Å². The molecule has 1 aliphatic rings. The summed E-state index contributed by atoms with van der Waals surface area (Å²) in [6, 6.07) is 7.96. The minimum atomic E-state index is -0.931. The van der Waals surface area contributed by atoms with Crippen LogP contribution in [0.4, 0.5) is 5.82 Å². The summed E-state index contributed by atoms with van der Waals surface area (Å²) in [5.74, 6) is 0.633. The first-order valence-corrected chi connectivity index (χ1v) is 11.3. The van der Waals surface area contributed by atoms with Crippen molar-refractivity contribution in [3.8, 4) is 16.9 Å². The lowest BCUT2D eigenvalue weighted by Gasteiger charge is -2.26. The van der Waals surface area contributed by atoms with Crippen LogP contribution in [-0.2, 0) is 16.1 Å². The van der Waals surface area contributed by atoms with E-state index in [-0.39, 0.29) is 0 Å². The quantitative estimate of drug-likeness (QED) is 0.457. The molecule has 0 unspecified atom stereocenters. The molecule has 0 saturated heterocycles. The molecule has 0 spiro atoms. The fraction of sp³-hybridized carbons (Fsp3) is 0.520. The van der Waals surface area contributed by atoms with E-state index >= 15 is 0 Å². The van der Waals surface area contributed by atoms with Crippen molar-refractivity contribution in [2.45, 2.75) is 71.4 Å². The summed E-state index contributed by atoms with van der Waals surface area (Å²) in [7, 11) is 0. The van der Waals surface area contributed by atoms with E-state index in [4.69, 9.17) is 9.47 Å². The number of unbranched alkanes of at least 4 members (excludes halogenated alkanes) is 1. The van der Waals surface area contributed by atoms with Gasteiger partial charge in [-0.2, -0.15) is 0 Å². The van der Waals surface area contributed by atoms with E-state index in [9.17, 15) is 9.90 Å². The second-order valence-corrected chi connectivity index (χ2v) is 8.21. The van der Waals surface area contributed by atoms with Crippen LogP contribution in [0.5, 0.6) is 5.75 Å². The Bertz CT molecular complexity index is 891. The van der Waals surface area contributed by atoms with Gasteiger partial charge in [0.2, 0.25) is 0 Å². The third-order valence-corrected chi connectivity index (χ3v) is 6.00. The number of nitrogens with one attached hydrogen (secondary N) is 1. The van der Waals surface area contributed by atoms with E-state index in [1.165, 1.54) is 0 Å². The summed E-state index contributed by atoms with van der Waals surface area (Å²) in [6.07, 6.45) is 6.96. The van der Waals surface area contributed by atoms with Crippen molar-refractivity contribution in [1.82, 2.24) is 4.98 Å². The highest BCUT2D eigenvalue weighted by Crippen LogP contribution is 2.36. The zero-order valence-electron chi connectivity index (χ0n) is 18.9. The van der Waals surface area contributed by atoms with E-state index in [1.807, 2.05) is 38.2 Å². The van der Waals surface area contributed by atoms with Crippen LogP contribution in [0.1, 0.15) is 63.5 Å². The van der Waals surface area contributed by atoms with E-state index in [0.29, 0.717) is 38.5 Å². The van der Waals surface area contributed by atoms with E-state index in [2.05, 4.69) is 23.3 Å². The number of aromatic nitrogens is 1. The molecule has 6 nitrogen and oxygen atoms in total. The minimum absolute atomic E-state index is 0.449. The predicted molar refractivity (Wildman–Crippen MR) is 123 cm³/mol. The SMILES string of the molecule is CCCCOCc1cc(NC2(C(=O)O)CCCC2)ncc1-c1cccc(OCC)c1C. The van der Waals surface area contributed by atoms with Gasteiger partial charge >= 0.3 is 5.97 Å². The van der Waals surface area contributed by atoms with Crippen molar-refractivity contribution in [1.29, 1.82) is 0 Å². The van der Waals surface area contributed by atoms with Crippen LogP contribution in [0.2, 0.25) is 0 Å². The summed E-state index contributed by atoms with van der Waals surface area (Å²) >= 11 is 0. The van der Waals surface area contributed by atoms with Gasteiger partial charge in [0, 0.05) is 18.4 Å². The molecule has 2 N–H and O–H groups in total. The number of carboxylic acids is 1. The Kier molecular flexibility index (Phi) is 7.91. The second-order valence-electron chi connectivity index (χ2n) is 8.21. The summed E-state index contributed by atoms with van der Waals surface area (Å²) in [5, 5.41) is 13.0. The number of pyridine rings is 1. The van der Waals surface area contributed by atoms with Crippen molar-refractivity contribution in [2.75, 3.05) is 18.5 Å². The number of hydrogen-bond donors (Lipinski definition) is 2.